The molecule has 2 aromatic carbocycles. The Kier molecular flexibility index (Phi) is 6.23. The molecule has 5 rings (SSSR count). The van der Waals surface area contributed by atoms with Crippen molar-refractivity contribution in [3.8, 4) is 23.2 Å². The molecule has 0 atom stereocenters. The van der Waals surface area contributed by atoms with Crippen molar-refractivity contribution in [1.29, 1.82) is 0 Å². The fourth-order valence-corrected chi connectivity index (χ4v) is 3.42. The van der Waals surface area contributed by atoms with Gasteiger partial charge in [-0.05, 0) is 55.0 Å². The number of hydrogen-bond donors (Lipinski definition) is 1. The molecule has 9 nitrogen and oxygen atoms in total. The summed E-state index contributed by atoms with van der Waals surface area (Å²) < 4.78 is 12.7. The molecule has 35 heavy (non-hydrogen) atoms. The molecule has 1 N–H and O–H groups in total. The Morgan fingerprint density at radius 3 is 2.49 bits per heavy atom. The van der Waals surface area contributed by atoms with Crippen LogP contribution >= 0.6 is 11.6 Å². The number of anilines is 2. The first kappa shape index (κ1) is 22.3. The second-order valence-electron chi connectivity index (χ2n) is 7.59. The van der Waals surface area contributed by atoms with Gasteiger partial charge in [0, 0.05) is 23.0 Å². The lowest BCUT2D eigenvalue weighted by Gasteiger charge is -2.14. The molecular formula is C25H19ClN6O3. The SMILES string of the molecule is Cc1cnc(-c2nnc(Nc3ccc(Oc4ccccn4)cc3)n(Cc3ccc(Cl)cc3)c2=O)o1. The zero-order valence-corrected chi connectivity index (χ0v) is 19.3. The highest BCUT2D eigenvalue weighted by Gasteiger charge is 2.18. The van der Waals surface area contributed by atoms with Gasteiger partial charge in [-0.1, -0.05) is 29.8 Å². The van der Waals surface area contributed by atoms with Crippen molar-refractivity contribution in [2.75, 3.05) is 5.32 Å². The smallest absolute Gasteiger partial charge is 0.287 e. The molecule has 0 radical (unpaired) electrons. The van der Waals surface area contributed by atoms with Crippen molar-refractivity contribution in [3.63, 3.8) is 0 Å². The van der Waals surface area contributed by atoms with E-state index in [1.165, 1.54) is 10.8 Å². The quantitative estimate of drug-likeness (QED) is 0.333. The van der Waals surface area contributed by atoms with Crippen LogP contribution in [-0.2, 0) is 6.54 Å². The van der Waals surface area contributed by atoms with E-state index in [4.69, 9.17) is 20.8 Å². The average Bonchev–Trinajstić information content (AvgIpc) is 3.30. The van der Waals surface area contributed by atoms with Crippen LogP contribution < -0.4 is 15.6 Å². The molecule has 0 aliphatic rings. The molecule has 0 aliphatic heterocycles. The number of nitrogens with one attached hydrogen (secondary N) is 1. The molecule has 0 saturated heterocycles. The normalized spacial score (nSPS) is 10.8. The van der Waals surface area contributed by atoms with Gasteiger partial charge >= 0.3 is 0 Å². The van der Waals surface area contributed by atoms with Crippen LogP contribution in [0.4, 0.5) is 11.6 Å². The molecule has 0 unspecified atom stereocenters. The molecule has 5 aromatic rings. The van der Waals surface area contributed by atoms with Gasteiger partial charge in [-0.25, -0.2) is 9.97 Å². The number of nitrogens with zero attached hydrogens (tertiary/aromatic N) is 5. The molecular weight excluding hydrogens is 468 g/mol. The highest BCUT2D eigenvalue weighted by molar-refractivity contribution is 6.30. The molecule has 10 heteroatoms. The van der Waals surface area contributed by atoms with Gasteiger partial charge < -0.3 is 14.5 Å². The number of benzene rings is 2. The van der Waals surface area contributed by atoms with E-state index in [0.29, 0.717) is 28.1 Å². The average molecular weight is 487 g/mol. The summed E-state index contributed by atoms with van der Waals surface area (Å²) in [6, 6.07) is 19.9. The van der Waals surface area contributed by atoms with Crippen LogP contribution in [0, 0.1) is 6.92 Å². The van der Waals surface area contributed by atoms with Crippen molar-refractivity contribution >= 4 is 23.2 Å². The fourth-order valence-electron chi connectivity index (χ4n) is 3.29. The molecule has 0 fully saturated rings. The van der Waals surface area contributed by atoms with E-state index in [-0.39, 0.29) is 24.1 Å². The fraction of sp³-hybridized carbons (Fsp3) is 0.0800. The number of aromatic nitrogens is 5. The molecule has 0 amide bonds. The number of ether oxygens (including phenoxy) is 1. The van der Waals surface area contributed by atoms with Crippen LogP contribution in [0.3, 0.4) is 0 Å². The molecule has 3 heterocycles. The third kappa shape index (κ3) is 5.20. The van der Waals surface area contributed by atoms with Crippen molar-refractivity contribution < 1.29 is 9.15 Å². The Morgan fingerprint density at radius 2 is 1.80 bits per heavy atom. The third-order valence-corrected chi connectivity index (χ3v) is 5.25. The minimum Gasteiger partial charge on any atom is -0.440 e. The second kappa shape index (κ2) is 9.78. The third-order valence-electron chi connectivity index (χ3n) is 5.00. The van der Waals surface area contributed by atoms with Gasteiger partial charge in [0.2, 0.25) is 17.5 Å². The number of aryl methyl sites for hydroxylation is 1. The van der Waals surface area contributed by atoms with Crippen molar-refractivity contribution in [1.82, 2.24) is 24.7 Å². The molecule has 3 aromatic heterocycles. The number of pyridine rings is 1. The lowest BCUT2D eigenvalue weighted by atomic mass is 10.2. The molecule has 0 bridgehead atoms. The second-order valence-corrected chi connectivity index (χ2v) is 8.02. The summed E-state index contributed by atoms with van der Waals surface area (Å²) in [6.45, 7) is 1.98. The first-order valence-electron chi connectivity index (χ1n) is 10.7. The van der Waals surface area contributed by atoms with Gasteiger partial charge in [0.1, 0.15) is 11.5 Å². The van der Waals surface area contributed by atoms with Crippen LogP contribution in [0.5, 0.6) is 11.6 Å². The summed E-state index contributed by atoms with van der Waals surface area (Å²) in [5.74, 6) is 2.06. The summed E-state index contributed by atoms with van der Waals surface area (Å²) >= 11 is 6.02. The largest absolute Gasteiger partial charge is 0.440 e. The molecule has 174 valence electrons. The molecule has 0 saturated carbocycles. The van der Waals surface area contributed by atoms with E-state index < -0.39 is 5.56 Å². The summed E-state index contributed by atoms with van der Waals surface area (Å²) in [6.07, 6.45) is 3.19. The highest BCUT2D eigenvalue weighted by atomic mass is 35.5. The van der Waals surface area contributed by atoms with Crippen molar-refractivity contribution in [2.45, 2.75) is 13.5 Å². The lowest BCUT2D eigenvalue weighted by molar-refractivity contribution is 0.463. The number of hydrogen-bond acceptors (Lipinski definition) is 8. The number of rotatable bonds is 7. The van der Waals surface area contributed by atoms with Crippen LogP contribution in [0.25, 0.3) is 11.6 Å². The maximum atomic E-state index is 13.4. The predicted octanol–water partition coefficient (Wildman–Crippen LogP) is 5.23. The minimum absolute atomic E-state index is 0.0247. The van der Waals surface area contributed by atoms with E-state index in [1.54, 1.807) is 43.5 Å². The van der Waals surface area contributed by atoms with Gasteiger partial charge in [0.05, 0.1) is 12.7 Å². The molecule has 0 spiro atoms. The van der Waals surface area contributed by atoms with E-state index in [2.05, 4.69) is 25.5 Å². The summed E-state index contributed by atoms with van der Waals surface area (Å²) in [5, 5.41) is 12.1. The Labute approximate surface area is 205 Å². The van der Waals surface area contributed by atoms with Crippen molar-refractivity contribution in [3.05, 3.63) is 106 Å². The summed E-state index contributed by atoms with van der Waals surface area (Å²) in [7, 11) is 0. The number of oxazole rings is 1. The number of halogens is 1. The molecule has 0 aliphatic carbocycles. The standard InChI is InChI=1S/C25H19ClN6O3/c1-16-14-28-23(34-16)22-24(33)32(15-17-5-7-18(26)8-6-17)25(31-30-22)29-19-9-11-20(12-10-19)35-21-4-2-3-13-27-21/h2-14H,15H2,1H3,(H,29,31). The first-order chi connectivity index (χ1) is 17.0. The van der Waals surface area contributed by atoms with Crippen molar-refractivity contribution in [2.24, 2.45) is 0 Å². The minimum atomic E-state index is -0.394. The predicted molar refractivity (Wildman–Crippen MR) is 131 cm³/mol. The van der Waals surface area contributed by atoms with E-state index >= 15 is 0 Å². The maximum Gasteiger partial charge on any atom is 0.287 e. The monoisotopic (exact) mass is 486 g/mol. The van der Waals surface area contributed by atoms with Crippen LogP contribution in [0.2, 0.25) is 5.02 Å². The van der Waals surface area contributed by atoms with Gasteiger partial charge in [0.25, 0.3) is 11.4 Å². The summed E-state index contributed by atoms with van der Waals surface area (Å²) in [4.78, 5) is 21.7. The Morgan fingerprint density at radius 1 is 1.00 bits per heavy atom. The summed E-state index contributed by atoms with van der Waals surface area (Å²) in [5.41, 5.74) is 1.18. The zero-order chi connectivity index (χ0) is 24.2. The van der Waals surface area contributed by atoms with Gasteiger partial charge in [-0.15, -0.1) is 10.2 Å². The van der Waals surface area contributed by atoms with E-state index in [1.807, 2.05) is 36.4 Å². The lowest BCUT2D eigenvalue weighted by Crippen LogP contribution is -2.27. The highest BCUT2D eigenvalue weighted by Crippen LogP contribution is 2.23. The topological polar surface area (TPSA) is 108 Å². The van der Waals surface area contributed by atoms with Gasteiger partial charge in [0.15, 0.2) is 0 Å². The van der Waals surface area contributed by atoms with Crippen LogP contribution in [-0.4, -0.2) is 24.7 Å². The Hall–Kier alpha value is -4.50. The Balaban J connectivity index is 1.46. The van der Waals surface area contributed by atoms with E-state index in [0.717, 1.165) is 5.56 Å². The van der Waals surface area contributed by atoms with Crippen LogP contribution in [0.15, 0.2) is 88.3 Å². The maximum absolute atomic E-state index is 13.4. The van der Waals surface area contributed by atoms with E-state index in [9.17, 15) is 4.79 Å². The zero-order valence-electron chi connectivity index (χ0n) is 18.6. The van der Waals surface area contributed by atoms with Gasteiger partial charge in [-0.2, -0.15) is 0 Å². The Bertz CT molecular complexity index is 1500. The van der Waals surface area contributed by atoms with Crippen LogP contribution in [0.1, 0.15) is 11.3 Å². The van der Waals surface area contributed by atoms with Gasteiger partial charge in [-0.3, -0.25) is 9.36 Å². The first-order valence-corrected chi connectivity index (χ1v) is 11.0.